The van der Waals surface area contributed by atoms with Crippen LogP contribution in [0, 0.1) is 11.3 Å². The predicted octanol–water partition coefficient (Wildman–Crippen LogP) is 3.65. The van der Waals surface area contributed by atoms with E-state index in [1.54, 1.807) is 19.5 Å². The largest absolute Gasteiger partial charge is 0.497 e. The van der Waals surface area contributed by atoms with Crippen molar-refractivity contribution in [2.75, 3.05) is 38.2 Å². The summed E-state index contributed by atoms with van der Waals surface area (Å²) in [7, 11) is 1.03. The Morgan fingerprint density at radius 1 is 1.22 bits per heavy atom. The number of fused-ring (bicyclic) bond motifs is 1. The number of nitriles is 1. The fraction of sp³-hybridized carbons (Fsp3) is 0.350. The molecule has 0 aliphatic heterocycles. The van der Waals surface area contributed by atoms with Gasteiger partial charge in [-0.05, 0) is 37.0 Å². The summed E-state index contributed by atoms with van der Waals surface area (Å²) in [6.07, 6.45) is 10.0. The second-order valence-corrected chi connectivity index (χ2v) is 11.7. The zero-order valence-electron chi connectivity index (χ0n) is 16.1. The SMILES string of the molecule is COc1ccc2nc(-c3ccncc3C#N)n(COCCS(C)(C)C)c2c1. The molecular formula is C20H24N4O2S. The van der Waals surface area contributed by atoms with Gasteiger partial charge in [0, 0.05) is 29.8 Å². The van der Waals surface area contributed by atoms with E-state index in [1.807, 2.05) is 28.8 Å². The summed E-state index contributed by atoms with van der Waals surface area (Å²) in [6, 6.07) is 9.75. The van der Waals surface area contributed by atoms with Crippen molar-refractivity contribution >= 4 is 21.1 Å². The number of benzene rings is 1. The number of aromatic nitrogens is 3. The van der Waals surface area contributed by atoms with Crippen molar-refractivity contribution in [1.82, 2.24) is 14.5 Å². The highest BCUT2D eigenvalue weighted by molar-refractivity contribution is 8.32. The first-order chi connectivity index (χ1) is 12.9. The Labute approximate surface area is 161 Å². The third kappa shape index (κ3) is 4.41. The van der Waals surface area contributed by atoms with Crippen molar-refractivity contribution in [1.29, 1.82) is 5.26 Å². The van der Waals surface area contributed by atoms with E-state index in [0.29, 0.717) is 24.7 Å². The van der Waals surface area contributed by atoms with Crippen molar-refractivity contribution in [3.05, 3.63) is 42.2 Å². The molecule has 0 atom stereocenters. The van der Waals surface area contributed by atoms with E-state index < -0.39 is 10.0 Å². The molecule has 3 rings (SSSR count). The Kier molecular flexibility index (Phi) is 5.68. The van der Waals surface area contributed by atoms with Crippen LogP contribution in [0.3, 0.4) is 0 Å². The number of ether oxygens (including phenoxy) is 2. The van der Waals surface area contributed by atoms with Crippen LogP contribution in [0.5, 0.6) is 5.75 Å². The molecule has 0 aliphatic rings. The molecule has 0 spiro atoms. The summed E-state index contributed by atoms with van der Waals surface area (Å²) in [4.78, 5) is 8.80. The van der Waals surface area contributed by atoms with Gasteiger partial charge >= 0.3 is 0 Å². The van der Waals surface area contributed by atoms with Gasteiger partial charge in [-0.3, -0.25) is 9.55 Å². The fourth-order valence-corrected chi connectivity index (χ4v) is 3.33. The number of imidazole rings is 1. The molecule has 0 fully saturated rings. The molecule has 1 aromatic carbocycles. The van der Waals surface area contributed by atoms with Crippen LogP contribution in [0.25, 0.3) is 22.4 Å². The lowest BCUT2D eigenvalue weighted by Gasteiger charge is -2.24. The molecule has 0 radical (unpaired) electrons. The average molecular weight is 385 g/mol. The van der Waals surface area contributed by atoms with Gasteiger partial charge in [-0.15, -0.1) is 0 Å². The lowest BCUT2D eigenvalue weighted by Crippen LogP contribution is -2.11. The van der Waals surface area contributed by atoms with Gasteiger partial charge in [0.15, 0.2) is 0 Å². The number of pyridine rings is 1. The molecule has 0 amide bonds. The number of hydrogen-bond acceptors (Lipinski definition) is 5. The summed E-state index contributed by atoms with van der Waals surface area (Å²) in [5.74, 6) is 2.49. The van der Waals surface area contributed by atoms with E-state index in [1.165, 1.54) is 0 Å². The molecule has 6 nitrogen and oxygen atoms in total. The molecule has 0 N–H and O–H groups in total. The van der Waals surface area contributed by atoms with Crippen LogP contribution in [0.2, 0.25) is 0 Å². The van der Waals surface area contributed by atoms with Crippen LogP contribution in [-0.4, -0.2) is 52.8 Å². The van der Waals surface area contributed by atoms with Gasteiger partial charge in [0.2, 0.25) is 0 Å². The zero-order chi connectivity index (χ0) is 19.4. The van der Waals surface area contributed by atoms with Gasteiger partial charge in [-0.1, -0.05) is 0 Å². The molecule has 2 aromatic heterocycles. The van der Waals surface area contributed by atoms with Crippen LogP contribution >= 0.6 is 10.0 Å². The second kappa shape index (κ2) is 7.99. The van der Waals surface area contributed by atoms with Crippen molar-refractivity contribution in [3.63, 3.8) is 0 Å². The molecule has 0 bridgehead atoms. The van der Waals surface area contributed by atoms with Crippen LogP contribution in [0.4, 0.5) is 0 Å². The lowest BCUT2D eigenvalue weighted by molar-refractivity contribution is 0.0934. The van der Waals surface area contributed by atoms with Gasteiger partial charge in [-0.25, -0.2) is 15.0 Å². The topological polar surface area (TPSA) is 73.0 Å². The normalized spacial score (nSPS) is 12.1. The number of hydrogen-bond donors (Lipinski definition) is 0. The molecule has 7 heteroatoms. The summed E-state index contributed by atoms with van der Waals surface area (Å²) >= 11 is 0. The summed E-state index contributed by atoms with van der Waals surface area (Å²) < 4.78 is 13.3. The highest BCUT2D eigenvalue weighted by Gasteiger charge is 2.17. The summed E-state index contributed by atoms with van der Waals surface area (Å²) in [6.45, 7) is 1.05. The lowest BCUT2D eigenvalue weighted by atomic mass is 10.1. The van der Waals surface area contributed by atoms with Crippen molar-refractivity contribution in [2.24, 2.45) is 0 Å². The zero-order valence-corrected chi connectivity index (χ0v) is 16.9. The van der Waals surface area contributed by atoms with E-state index in [9.17, 15) is 5.26 Å². The molecule has 0 aliphatic carbocycles. The quantitative estimate of drug-likeness (QED) is 0.582. The standard InChI is InChI=1S/C20H24N4O2S/c1-25-16-5-6-18-19(11-16)24(14-26-9-10-27(2,3)4)20(23-18)17-7-8-22-13-15(17)12-21/h5-8,11,13H,9-10,14H2,1-4H3. The third-order valence-electron chi connectivity index (χ3n) is 4.20. The summed E-state index contributed by atoms with van der Waals surface area (Å²) in [5, 5.41) is 9.46. The minimum Gasteiger partial charge on any atom is -0.497 e. The maximum atomic E-state index is 9.46. The Morgan fingerprint density at radius 3 is 2.74 bits per heavy atom. The number of methoxy groups -OCH3 is 1. The number of nitrogens with zero attached hydrogens (tertiary/aromatic N) is 4. The van der Waals surface area contributed by atoms with E-state index in [4.69, 9.17) is 14.5 Å². The van der Waals surface area contributed by atoms with Crippen molar-refractivity contribution in [3.8, 4) is 23.2 Å². The molecule has 142 valence electrons. The highest BCUT2D eigenvalue weighted by atomic mass is 32.3. The summed E-state index contributed by atoms with van der Waals surface area (Å²) in [5.41, 5.74) is 2.97. The molecule has 2 heterocycles. The van der Waals surface area contributed by atoms with Gasteiger partial charge in [0.25, 0.3) is 0 Å². The van der Waals surface area contributed by atoms with E-state index in [2.05, 4.69) is 29.8 Å². The van der Waals surface area contributed by atoms with Crippen LogP contribution in [0.1, 0.15) is 5.56 Å². The van der Waals surface area contributed by atoms with Gasteiger partial charge < -0.3 is 9.47 Å². The van der Waals surface area contributed by atoms with E-state index in [0.717, 1.165) is 28.1 Å². The molecule has 3 aromatic rings. The first kappa shape index (κ1) is 19.2. The van der Waals surface area contributed by atoms with Gasteiger partial charge in [0.05, 0.1) is 30.3 Å². The molecule has 0 unspecified atom stereocenters. The first-order valence-corrected chi connectivity index (χ1v) is 11.6. The van der Waals surface area contributed by atoms with Crippen molar-refractivity contribution in [2.45, 2.75) is 6.73 Å². The maximum Gasteiger partial charge on any atom is 0.144 e. The minimum atomic E-state index is -0.613. The average Bonchev–Trinajstić information content (AvgIpc) is 3.01. The van der Waals surface area contributed by atoms with Crippen LogP contribution in [0.15, 0.2) is 36.7 Å². The highest BCUT2D eigenvalue weighted by Crippen LogP contribution is 2.34. The first-order valence-electron chi connectivity index (χ1n) is 8.55. The molecule has 0 saturated heterocycles. The maximum absolute atomic E-state index is 9.46. The molecule has 0 saturated carbocycles. The predicted molar refractivity (Wildman–Crippen MR) is 110 cm³/mol. The van der Waals surface area contributed by atoms with Crippen LogP contribution in [-0.2, 0) is 11.5 Å². The minimum absolute atomic E-state index is 0.363. The fourth-order valence-electron chi connectivity index (χ4n) is 2.71. The Balaban J connectivity index is 2.03. The monoisotopic (exact) mass is 384 g/mol. The Hall–Kier alpha value is -2.56. The third-order valence-corrected chi connectivity index (χ3v) is 5.59. The van der Waals surface area contributed by atoms with Crippen LogP contribution < -0.4 is 4.74 Å². The van der Waals surface area contributed by atoms with Crippen molar-refractivity contribution < 1.29 is 9.47 Å². The second-order valence-electron chi connectivity index (χ2n) is 7.08. The molecule has 27 heavy (non-hydrogen) atoms. The Morgan fingerprint density at radius 2 is 2.04 bits per heavy atom. The smallest absolute Gasteiger partial charge is 0.144 e. The van der Waals surface area contributed by atoms with Gasteiger partial charge in [0.1, 0.15) is 24.4 Å². The molecular weight excluding hydrogens is 360 g/mol. The van der Waals surface area contributed by atoms with E-state index >= 15 is 0 Å². The Bertz CT molecular complexity index is 986. The number of rotatable bonds is 7. The van der Waals surface area contributed by atoms with E-state index in [-0.39, 0.29) is 0 Å². The van der Waals surface area contributed by atoms with Gasteiger partial charge in [-0.2, -0.15) is 5.26 Å².